The monoisotopic (exact) mass is 317 g/mol. The molecule has 2 atom stereocenters. The summed E-state index contributed by atoms with van der Waals surface area (Å²) < 4.78 is 34.9. The predicted molar refractivity (Wildman–Crippen MR) is 77.5 cm³/mol. The highest BCUT2D eigenvalue weighted by atomic mass is 32.2. The van der Waals surface area contributed by atoms with Crippen LogP contribution in [-0.2, 0) is 21.3 Å². The first-order valence-corrected chi connectivity index (χ1v) is 8.64. The van der Waals surface area contributed by atoms with Gasteiger partial charge in [-0.25, -0.2) is 13.1 Å². The fraction of sp³-hybridized carbons (Fsp3) is 0.769. The van der Waals surface area contributed by atoms with Crippen LogP contribution in [0.2, 0.25) is 0 Å². The molecule has 8 heteroatoms. The van der Waals surface area contributed by atoms with Gasteiger partial charge in [-0.1, -0.05) is 0 Å². The van der Waals surface area contributed by atoms with E-state index in [1.165, 1.54) is 4.68 Å². The Morgan fingerprint density at radius 1 is 1.52 bits per heavy atom. The second kappa shape index (κ2) is 6.43. The smallest absolute Gasteiger partial charge is 0.244 e. The Hall–Kier alpha value is -0.960. The summed E-state index contributed by atoms with van der Waals surface area (Å²) >= 11 is 0. The van der Waals surface area contributed by atoms with E-state index in [9.17, 15) is 8.42 Å². The van der Waals surface area contributed by atoms with E-state index in [4.69, 9.17) is 9.84 Å². The number of aromatic nitrogens is 2. The maximum atomic E-state index is 12.6. The molecule has 1 fully saturated rings. The van der Waals surface area contributed by atoms with Crippen molar-refractivity contribution in [2.75, 3.05) is 13.2 Å². The zero-order valence-electron chi connectivity index (χ0n) is 12.7. The first-order valence-electron chi connectivity index (χ1n) is 7.15. The molecule has 0 aromatic carbocycles. The summed E-state index contributed by atoms with van der Waals surface area (Å²) in [4.78, 5) is 0.195. The molecule has 0 radical (unpaired) electrons. The summed E-state index contributed by atoms with van der Waals surface area (Å²) in [5, 5.41) is 13.2. The molecule has 0 aliphatic carbocycles. The van der Waals surface area contributed by atoms with Crippen LogP contribution >= 0.6 is 0 Å². The van der Waals surface area contributed by atoms with Gasteiger partial charge in [0.15, 0.2) is 0 Å². The Labute approximate surface area is 125 Å². The van der Waals surface area contributed by atoms with Crippen LogP contribution < -0.4 is 4.72 Å². The van der Waals surface area contributed by atoms with Gasteiger partial charge in [0.2, 0.25) is 10.0 Å². The van der Waals surface area contributed by atoms with Crippen LogP contribution in [0.5, 0.6) is 0 Å². The van der Waals surface area contributed by atoms with Crippen molar-refractivity contribution < 1.29 is 18.3 Å². The first kappa shape index (κ1) is 16.4. The van der Waals surface area contributed by atoms with Crippen LogP contribution in [-0.4, -0.2) is 48.7 Å². The van der Waals surface area contributed by atoms with Crippen LogP contribution in [0.4, 0.5) is 0 Å². The third-order valence-electron chi connectivity index (χ3n) is 3.76. The second-order valence-corrected chi connectivity index (χ2v) is 7.06. The molecule has 1 aliphatic heterocycles. The minimum atomic E-state index is -3.65. The zero-order chi connectivity index (χ0) is 15.6. The number of aliphatic hydroxyl groups excluding tert-OH is 1. The van der Waals surface area contributed by atoms with Gasteiger partial charge in [-0.15, -0.1) is 0 Å². The fourth-order valence-electron chi connectivity index (χ4n) is 2.76. The van der Waals surface area contributed by atoms with Gasteiger partial charge in [-0.05, 0) is 33.6 Å². The molecule has 7 nitrogen and oxygen atoms in total. The first-order chi connectivity index (χ1) is 9.86. The van der Waals surface area contributed by atoms with Crippen LogP contribution in [0.3, 0.4) is 0 Å². The minimum Gasteiger partial charge on any atom is -0.394 e. The van der Waals surface area contributed by atoms with E-state index >= 15 is 0 Å². The number of hydrogen-bond donors (Lipinski definition) is 2. The summed E-state index contributed by atoms with van der Waals surface area (Å²) in [5.74, 6) is 0. The average Bonchev–Trinajstić information content (AvgIpc) is 2.98. The van der Waals surface area contributed by atoms with Crippen molar-refractivity contribution in [3.8, 4) is 0 Å². The van der Waals surface area contributed by atoms with Gasteiger partial charge in [0.1, 0.15) is 4.90 Å². The number of nitrogens with zero attached hydrogens (tertiary/aromatic N) is 2. The highest BCUT2D eigenvalue weighted by Gasteiger charge is 2.30. The summed E-state index contributed by atoms with van der Waals surface area (Å²) in [7, 11) is -3.65. The van der Waals surface area contributed by atoms with Crippen LogP contribution in [0.25, 0.3) is 0 Å². The van der Waals surface area contributed by atoms with E-state index in [1.807, 2.05) is 6.92 Å². The topological polar surface area (TPSA) is 93.5 Å². The van der Waals surface area contributed by atoms with Crippen molar-refractivity contribution in [3.63, 3.8) is 0 Å². The lowest BCUT2D eigenvalue weighted by molar-refractivity contribution is 0.0902. The molecule has 1 saturated heterocycles. The van der Waals surface area contributed by atoms with Gasteiger partial charge < -0.3 is 9.84 Å². The van der Waals surface area contributed by atoms with E-state index in [0.29, 0.717) is 18.0 Å². The molecule has 1 aromatic heterocycles. The number of hydrogen-bond acceptors (Lipinski definition) is 5. The largest absolute Gasteiger partial charge is 0.394 e. The number of nitrogens with one attached hydrogen (secondary N) is 1. The van der Waals surface area contributed by atoms with Gasteiger partial charge in [-0.3, -0.25) is 4.68 Å². The molecule has 1 aromatic rings. The third kappa shape index (κ3) is 3.45. The third-order valence-corrected chi connectivity index (χ3v) is 5.57. The second-order valence-electron chi connectivity index (χ2n) is 5.41. The molecule has 2 unspecified atom stereocenters. The lowest BCUT2D eigenvalue weighted by Crippen LogP contribution is -2.41. The summed E-state index contributed by atoms with van der Waals surface area (Å²) in [6.07, 6.45) is 1.75. The SMILES string of the molecule is Cc1nn(CCO)c(C)c1S(=O)(=O)NC(C)C1CCCO1. The van der Waals surface area contributed by atoms with E-state index in [1.54, 1.807) is 13.8 Å². The van der Waals surface area contributed by atoms with Gasteiger partial charge in [0.25, 0.3) is 0 Å². The van der Waals surface area contributed by atoms with Crippen LogP contribution in [0, 0.1) is 13.8 Å². The maximum Gasteiger partial charge on any atom is 0.244 e. The maximum absolute atomic E-state index is 12.6. The summed E-state index contributed by atoms with van der Waals surface area (Å²) in [6, 6.07) is -0.280. The molecule has 1 aliphatic rings. The molecule has 120 valence electrons. The number of aryl methyl sites for hydroxylation is 1. The van der Waals surface area contributed by atoms with Gasteiger partial charge in [-0.2, -0.15) is 5.10 Å². The van der Waals surface area contributed by atoms with Crippen molar-refractivity contribution in [1.29, 1.82) is 0 Å². The van der Waals surface area contributed by atoms with Crippen molar-refractivity contribution >= 4 is 10.0 Å². The Bertz CT molecular complexity index is 591. The summed E-state index contributed by atoms with van der Waals surface area (Å²) in [5.41, 5.74) is 0.974. The molecule has 0 spiro atoms. The standard InChI is InChI=1S/C13H23N3O4S/c1-9(12-5-4-8-20-12)15-21(18,19)13-10(2)14-16(6-7-17)11(13)3/h9,12,15,17H,4-8H2,1-3H3. The van der Waals surface area contributed by atoms with E-state index in [2.05, 4.69) is 9.82 Å². The molecule has 2 rings (SSSR count). The molecular formula is C13H23N3O4S. The van der Waals surface area contributed by atoms with Gasteiger partial charge >= 0.3 is 0 Å². The van der Waals surface area contributed by atoms with E-state index < -0.39 is 10.0 Å². The molecule has 21 heavy (non-hydrogen) atoms. The van der Waals surface area contributed by atoms with E-state index in [0.717, 1.165) is 12.8 Å². The number of ether oxygens (including phenoxy) is 1. The van der Waals surface area contributed by atoms with Crippen molar-refractivity contribution in [2.24, 2.45) is 0 Å². The normalized spacial score (nSPS) is 20.9. The van der Waals surface area contributed by atoms with E-state index in [-0.39, 0.29) is 30.2 Å². The molecule has 0 bridgehead atoms. The van der Waals surface area contributed by atoms with Crippen LogP contribution in [0.15, 0.2) is 4.90 Å². The lowest BCUT2D eigenvalue weighted by atomic mass is 10.1. The van der Waals surface area contributed by atoms with Gasteiger partial charge in [0.05, 0.1) is 30.6 Å². The predicted octanol–water partition coefficient (Wildman–Crippen LogP) is 0.338. The highest BCUT2D eigenvalue weighted by Crippen LogP contribution is 2.22. The molecular weight excluding hydrogens is 294 g/mol. The minimum absolute atomic E-state index is 0.0760. The molecule has 0 saturated carbocycles. The highest BCUT2D eigenvalue weighted by molar-refractivity contribution is 7.89. The van der Waals surface area contributed by atoms with Crippen LogP contribution in [0.1, 0.15) is 31.2 Å². The Kier molecular flexibility index (Phi) is 5.03. The summed E-state index contributed by atoms with van der Waals surface area (Å²) in [6.45, 7) is 6.05. The lowest BCUT2D eigenvalue weighted by Gasteiger charge is -2.20. The Morgan fingerprint density at radius 2 is 2.24 bits per heavy atom. The molecule has 2 heterocycles. The van der Waals surface area contributed by atoms with Crippen molar-refractivity contribution in [2.45, 2.75) is 57.2 Å². The quantitative estimate of drug-likeness (QED) is 0.789. The van der Waals surface area contributed by atoms with Crippen molar-refractivity contribution in [3.05, 3.63) is 11.4 Å². The number of rotatable bonds is 6. The zero-order valence-corrected chi connectivity index (χ0v) is 13.5. The number of aliphatic hydroxyl groups is 1. The Morgan fingerprint density at radius 3 is 2.81 bits per heavy atom. The Balaban J connectivity index is 2.22. The fourth-order valence-corrected chi connectivity index (χ4v) is 4.44. The average molecular weight is 317 g/mol. The molecule has 2 N–H and O–H groups in total. The van der Waals surface area contributed by atoms with Crippen molar-refractivity contribution in [1.82, 2.24) is 14.5 Å². The number of sulfonamides is 1. The van der Waals surface area contributed by atoms with Gasteiger partial charge in [0, 0.05) is 12.6 Å². The molecule has 0 amide bonds.